The number of hydrogen-bond donors (Lipinski definition) is 1. The van der Waals surface area contributed by atoms with E-state index in [9.17, 15) is 14.4 Å². The number of amides is 1. The molecule has 0 radical (unpaired) electrons. The fourth-order valence-corrected chi connectivity index (χ4v) is 3.47. The molecule has 0 aliphatic heterocycles. The highest BCUT2D eigenvalue weighted by atomic mass is 16.5. The predicted molar refractivity (Wildman–Crippen MR) is 116 cm³/mol. The fourth-order valence-electron chi connectivity index (χ4n) is 3.47. The Morgan fingerprint density at radius 1 is 0.931 bits per heavy atom. The first kappa shape index (κ1) is 24.9. The lowest BCUT2D eigenvalue weighted by Crippen LogP contribution is -2.55. The van der Waals surface area contributed by atoms with Gasteiger partial charge in [-0.1, -0.05) is 70.2 Å². The second-order valence-corrected chi connectivity index (χ2v) is 7.65. The highest BCUT2D eigenvalue weighted by molar-refractivity contribution is 6.01. The van der Waals surface area contributed by atoms with Crippen molar-refractivity contribution in [1.82, 2.24) is 5.32 Å². The highest BCUT2D eigenvalue weighted by Crippen LogP contribution is 2.22. The van der Waals surface area contributed by atoms with Gasteiger partial charge in [0.2, 0.25) is 5.91 Å². The average molecular weight is 404 g/mol. The van der Waals surface area contributed by atoms with E-state index < -0.39 is 11.5 Å². The van der Waals surface area contributed by atoms with Crippen molar-refractivity contribution in [1.29, 1.82) is 0 Å². The van der Waals surface area contributed by atoms with E-state index in [2.05, 4.69) is 12.2 Å². The molecule has 1 rings (SSSR count). The van der Waals surface area contributed by atoms with E-state index >= 15 is 0 Å². The number of nitrogens with one attached hydrogen (secondary N) is 1. The van der Waals surface area contributed by atoms with Crippen LogP contribution in [0.5, 0.6) is 0 Å². The molecule has 0 fully saturated rings. The minimum Gasteiger partial charge on any atom is -0.464 e. The van der Waals surface area contributed by atoms with Crippen molar-refractivity contribution in [3.63, 3.8) is 0 Å². The van der Waals surface area contributed by atoms with Crippen molar-refractivity contribution in [2.24, 2.45) is 0 Å². The van der Waals surface area contributed by atoms with Crippen LogP contribution in [0, 0.1) is 0 Å². The van der Waals surface area contributed by atoms with Crippen LogP contribution in [0.15, 0.2) is 24.3 Å². The maximum atomic E-state index is 12.8. The molecule has 162 valence electrons. The molecule has 1 aromatic carbocycles. The number of carbonyl (C=O) groups is 3. The van der Waals surface area contributed by atoms with Gasteiger partial charge in [-0.05, 0) is 31.7 Å². The Balaban J connectivity index is 2.73. The Bertz CT molecular complexity index is 653. The average Bonchev–Trinajstić information content (AvgIpc) is 2.70. The summed E-state index contributed by atoms with van der Waals surface area (Å²) < 4.78 is 5.13. The molecule has 1 unspecified atom stereocenters. The number of rotatable bonds is 14. The Morgan fingerprint density at radius 2 is 1.55 bits per heavy atom. The molecule has 1 atom stereocenters. The van der Waals surface area contributed by atoms with Gasteiger partial charge in [0, 0.05) is 18.9 Å². The fraction of sp³-hybridized carbons (Fsp3) is 0.625. The Morgan fingerprint density at radius 3 is 2.10 bits per heavy atom. The van der Waals surface area contributed by atoms with Gasteiger partial charge in [0.25, 0.3) is 0 Å². The lowest BCUT2D eigenvalue weighted by Gasteiger charge is -2.30. The molecular weight excluding hydrogens is 366 g/mol. The Labute approximate surface area is 175 Å². The zero-order chi connectivity index (χ0) is 21.7. The molecule has 0 bridgehead atoms. The Kier molecular flexibility index (Phi) is 11.3. The largest absolute Gasteiger partial charge is 0.464 e. The number of esters is 1. The molecule has 0 aliphatic carbocycles. The standard InChI is InChI=1S/C24H37NO4/c1-5-8-9-10-11-12-13-20-14-16-21(17-15-20)22(27)18-24(6-2,25-19(4)26)23(28)29-7-3/h14-17H,5-13,18H2,1-4H3,(H,25,26). The van der Waals surface area contributed by atoms with E-state index in [1.54, 1.807) is 13.8 Å². The zero-order valence-electron chi connectivity index (χ0n) is 18.5. The molecule has 1 amide bonds. The highest BCUT2D eigenvalue weighted by Gasteiger charge is 2.41. The van der Waals surface area contributed by atoms with Crippen molar-refractivity contribution < 1.29 is 19.1 Å². The normalized spacial score (nSPS) is 12.8. The zero-order valence-corrected chi connectivity index (χ0v) is 18.5. The first-order chi connectivity index (χ1) is 13.9. The molecule has 0 saturated carbocycles. The van der Waals surface area contributed by atoms with Crippen LogP contribution in [-0.4, -0.2) is 29.8 Å². The van der Waals surface area contributed by atoms with E-state index in [1.807, 2.05) is 24.3 Å². The van der Waals surface area contributed by atoms with Crippen molar-refractivity contribution in [3.8, 4) is 0 Å². The molecule has 1 aromatic rings. The summed E-state index contributed by atoms with van der Waals surface area (Å²) in [5.74, 6) is -1.10. The third-order valence-corrected chi connectivity index (χ3v) is 5.24. The lowest BCUT2D eigenvalue weighted by molar-refractivity contribution is -0.153. The number of carbonyl (C=O) groups excluding carboxylic acids is 3. The summed E-state index contributed by atoms with van der Waals surface area (Å²) in [4.78, 5) is 36.9. The molecule has 0 spiro atoms. The van der Waals surface area contributed by atoms with Gasteiger partial charge < -0.3 is 10.1 Å². The quantitative estimate of drug-likeness (QED) is 0.269. The summed E-state index contributed by atoms with van der Waals surface area (Å²) in [7, 11) is 0. The number of unbranched alkanes of at least 4 members (excludes halogenated alkanes) is 5. The maximum absolute atomic E-state index is 12.8. The first-order valence-corrected chi connectivity index (χ1v) is 11.0. The topological polar surface area (TPSA) is 72.5 Å². The third-order valence-electron chi connectivity index (χ3n) is 5.24. The van der Waals surface area contributed by atoms with Crippen LogP contribution in [0.3, 0.4) is 0 Å². The minimum absolute atomic E-state index is 0.112. The molecule has 0 heterocycles. The Hall–Kier alpha value is -2.17. The monoisotopic (exact) mass is 403 g/mol. The maximum Gasteiger partial charge on any atom is 0.332 e. The van der Waals surface area contributed by atoms with Gasteiger partial charge in [-0.2, -0.15) is 0 Å². The van der Waals surface area contributed by atoms with Crippen molar-refractivity contribution in [2.75, 3.05) is 6.61 Å². The van der Waals surface area contributed by atoms with E-state index in [4.69, 9.17) is 4.74 Å². The van der Waals surface area contributed by atoms with Gasteiger partial charge in [-0.3, -0.25) is 9.59 Å². The van der Waals surface area contributed by atoms with E-state index in [0.29, 0.717) is 5.56 Å². The summed E-state index contributed by atoms with van der Waals surface area (Å²) >= 11 is 0. The minimum atomic E-state index is -1.32. The number of hydrogen-bond acceptors (Lipinski definition) is 4. The number of aryl methyl sites for hydroxylation is 1. The summed E-state index contributed by atoms with van der Waals surface area (Å²) in [5, 5.41) is 2.65. The molecule has 5 nitrogen and oxygen atoms in total. The van der Waals surface area contributed by atoms with Crippen LogP contribution in [-0.2, 0) is 20.7 Å². The van der Waals surface area contributed by atoms with E-state index in [0.717, 1.165) is 12.8 Å². The van der Waals surface area contributed by atoms with Crippen LogP contribution in [0.2, 0.25) is 0 Å². The molecule has 0 aromatic heterocycles. The van der Waals surface area contributed by atoms with Crippen LogP contribution in [0.1, 0.15) is 95.0 Å². The van der Waals surface area contributed by atoms with Crippen molar-refractivity contribution in [3.05, 3.63) is 35.4 Å². The summed E-state index contributed by atoms with van der Waals surface area (Å²) in [6, 6.07) is 7.59. The SMILES string of the molecule is CCCCCCCCc1ccc(C(=O)CC(CC)(NC(C)=O)C(=O)OCC)cc1. The van der Waals surface area contributed by atoms with Crippen LogP contribution < -0.4 is 5.32 Å². The second kappa shape index (κ2) is 13.1. The molecule has 0 saturated heterocycles. The van der Waals surface area contributed by atoms with Gasteiger partial charge >= 0.3 is 5.97 Å². The number of Topliss-reactive ketones (excluding diaryl/α,β-unsaturated/α-hetero) is 1. The van der Waals surface area contributed by atoms with E-state index in [-0.39, 0.29) is 31.1 Å². The van der Waals surface area contributed by atoms with Gasteiger partial charge in [0.15, 0.2) is 5.78 Å². The molecule has 29 heavy (non-hydrogen) atoms. The number of ketones is 1. The molecule has 5 heteroatoms. The summed E-state index contributed by atoms with van der Waals surface area (Å²) in [6.07, 6.45) is 8.71. The molecule has 0 aliphatic rings. The lowest BCUT2D eigenvalue weighted by atomic mass is 9.87. The van der Waals surface area contributed by atoms with Gasteiger partial charge in [-0.15, -0.1) is 0 Å². The van der Waals surface area contributed by atoms with Crippen molar-refractivity contribution in [2.45, 2.75) is 91.0 Å². The van der Waals surface area contributed by atoms with Crippen LogP contribution in [0.4, 0.5) is 0 Å². The number of ether oxygens (including phenoxy) is 1. The first-order valence-electron chi connectivity index (χ1n) is 11.0. The third kappa shape index (κ3) is 8.38. The van der Waals surface area contributed by atoms with Gasteiger partial charge in [0.05, 0.1) is 6.61 Å². The summed E-state index contributed by atoms with van der Waals surface area (Å²) in [6.45, 7) is 7.23. The molecule has 1 N–H and O–H groups in total. The molecular formula is C24H37NO4. The van der Waals surface area contributed by atoms with Gasteiger partial charge in [-0.25, -0.2) is 4.79 Å². The van der Waals surface area contributed by atoms with E-state index in [1.165, 1.54) is 44.6 Å². The predicted octanol–water partition coefficient (Wildman–Crippen LogP) is 5.01. The summed E-state index contributed by atoms with van der Waals surface area (Å²) in [5.41, 5.74) is 0.436. The number of benzene rings is 1. The van der Waals surface area contributed by atoms with Crippen LogP contribution >= 0.6 is 0 Å². The van der Waals surface area contributed by atoms with Crippen LogP contribution in [0.25, 0.3) is 0 Å². The second-order valence-electron chi connectivity index (χ2n) is 7.65. The van der Waals surface area contributed by atoms with Gasteiger partial charge in [0.1, 0.15) is 5.54 Å². The van der Waals surface area contributed by atoms with Crippen molar-refractivity contribution >= 4 is 17.7 Å². The smallest absolute Gasteiger partial charge is 0.332 e.